The molecule has 0 spiro atoms. The van der Waals surface area contributed by atoms with Gasteiger partial charge in [0.15, 0.2) is 0 Å². The molecular formula is C118H174N4O20S. The predicted octanol–water partition coefficient (Wildman–Crippen LogP) is 21.7. The van der Waals surface area contributed by atoms with Crippen molar-refractivity contribution in [1.82, 2.24) is 14.1 Å². The van der Waals surface area contributed by atoms with E-state index in [4.69, 9.17) is 89.3 Å². The van der Waals surface area contributed by atoms with Crippen LogP contribution in [-0.4, -0.2) is 183 Å². The van der Waals surface area contributed by atoms with Gasteiger partial charge in [-0.3, -0.25) is 14.3 Å². The molecule has 143 heavy (non-hydrogen) atoms. The van der Waals surface area contributed by atoms with Crippen LogP contribution in [0.5, 0.6) is 46.0 Å². The first kappa shape index (κ1) is 130. The van der Waals surface area contributed by atoms with Crippen molar-refractivity contribution in [3.63, 3.8) is 0 Å². The van der Waals surface area contributed by atoms with E-state index in [1.165, 1.54) is 64.4 Å². The minimum absolute atomic E-state index is 0.0264. The maximum atomic E-state index is 12.1. The molecular weight excluding hydrogens is 1830 g/mol. The van der Waals surface area contributed by atoms with Gasteiger partial charge in [0.1, 0.15) is 91.7 Å². The molecule has 0 radical (unpaired) electrons. The van der Waals surface area contributed by atoms with Gasteiger partial charge < -0.3 is 98.9 Å². The van der Waals surface area contributed by atoms with E-state index in [1.54, 1.807) is 38.0 Å². The van der Waals surface area contributed by atoms with Crippen LogP contribution in [0.15, 0.2) is 244 Å². The summed E-state index contributed by atoms with van der Waals surface area (Å²) in [6.07, 6.45) is 33.9. The summed E-state index contributed by atoms with van der Waals surface area (Å²) in [7, 11) is 3.19. The van der Waals surface area contributed by atoms with Gasteiger partial charge >= 0.3 is 5.69 Å². The monoisotopic (exact) mass is 2000 g/mol. The number of hydrogen-bond donors (Lipinski definition) is 11. The number of aliphatic hydroxyl groups is 10. The molecule has 2 heterocycles. The Balaban J connectivity index is 0.000000799. The fourth-order valence-corrected chi connectivity index (χ4v) is 14.6. The molecule has 0 bridgehead atoms. The smallest absolute Gasteiger partial charge is 0.330 e. The largest absolute Gasteiger partial charge is 0.493 e. The van der Waals surface area contributed by atoms with E-state index in [0.29, 0.717) is 71.2 Å². The Morgan fingerprint density at radius 1 is 0.392 bits per heavy atom. The zero-order valence-corrected chi connectivity index (χ0v) is 89.1. The molecule has 0 aliphatic heterocycles. The second-order valence-corrected chi connectivity index (χ2v) is 34.0. The number of aliphatic hydroxyl groups excluding tert-OH is 10. The van der Waals surface area contributed by atoms with E-state index in [0.717, 1.165) is 204 Å². The Morgan fingerprint density at radius 3 is 1.34 bits per heavy atom. The Kier molecular flexibility index (Phi) is 79.7. The maximum absolute atomic E-state index is 12.1. The van der Waals surface area contributed by atoms with Crippen LogP contribution >= 0.6 is 11.8 Å². The summed E-state index contributed by atoms with van der Waals surface area (Å²) in [6, 6.07) is 65.3. The van der Waals surface area contributed by atoms with Crippen LogP contribution in [0.3, 0.4) is 0 Å². The quantitative estimate of drug-likeness (QED) is 0.0125. The van der Waals surface area contributed by atoms with Crippen molar-refractivity contribution in [3.05, 3.63) is 307 Å². The second-order valence-electron chi connectivity index (χ2n) is 32.9. The van der Waals surface area contributed by atoms with E-state index in [1.807, 2.05) is 171 Å². The molecule has 0 saturated heterocycles. The van der Waals surface area contributed by atoms with Gasteiger partial charge in [0.25, 0.3) is 5.56 Å². The normalized spacial score (nSPS) is 10.6. The Hall–Kier alpha value is -10.9. The van der Waals surface area contributed by atoms with E-state index in [9.17, 15) is 14.7 Å². The summed E-state index contributed by atoms with van der Waals surface area (Å²) >= 11 is 1.73. The van der Waals surface area contributed by atoms with Crippen molar-refractivity contribution in [2.75, 3.05) is 106 Å². The highest BCUT2D eigenvalue weighted by atomic mass is 32.2. The van der Waals surface area contributed by atoms with Gasteiger partial charge in [0.05, 0.1) is 71.8 Å². The number of para-hydroxylation sites is 4. The third-order valence-corrected chi connectivity index (χ3v) is 22.3. The molecule has 10 rings (SSSR count). The van der Waals surface area contributed by atoms with Gasteiger partial charge in [-0.05, 0) is 241 Å². The van der Waals surface area contributed by atoms with Gasteiger partial charge in [-0.15, -0.1) is 0 Å². The number of benzene rings is 8. The molecule has 1 unspecified atom stereocenters. The van der Waals surface area contributed by atoms with Crippen LogP contribution in [0.1, 0.15) is 247 Å². The molecule has 1 atom stereocenters. The minimum atomic E-state index is -0.298. The standard InChI is InChI=1S/C15H16OS.C14H21NO2.C13H22N2O3.C13H20O2.C12H18O2.C12H16O2.C11H17NO2.C11H16O3.C11H16O2.C6H12O/c1-2-12-7-3-5-9-14(12)17-15-10-6-4-8-13(15)11-16;1-3-4-5-13-10-12(11(2)15)6-7-14(13)17-9-8-16;1-4-5-7-10-11(8-6-9-16)14(2)13(18)15(3)12(10)17;1-3-4-7-12-8-5-6-9-13(12)15-11(2)10-14;2*1-2-3-6-11-7-4-5-8-12(11)14-10-9-13;1-2-3-5-10-11(14-9-8-13)6-4-7-12-10;1-2-7-13-10-4-3-5-11(9-10)14-8-6-12;1-2-5-10-6-3-4-7-11(10)13-9-8-12;1-2-3-4-5-6-7/h3-10,16H,2,11H2,1H3;6-7,10,15-16H,3-5,8-9H2,1-2H3;16H,4-9H2,1-3H3;5-6,8-9,11,14H,3-4,7,10H2,1-2H3;4-5,7-8,13H,2-3,6,9-10H2,1H3;3-8,13H,2,9-10H2,1H3;4,6-7,13H,2-3,5,8-9H2,1H3;3-5,9,12H,2,6-8H2,1H3;3-4,6-7,12H,2,5,8-9H2,1H3;4-5,7H,2-3,6H2,1H3/b;;;;;6-3+;;;;5-4+. The SMILES string of the molecule is CC/C=C/c1ccccc1OCCO.CCC/C=C/CO.CCCCc1c(CCCO)n(C)c(=O)n(C)c1=O.CCCCc1cc(C(C)=N)ccc1OCCO.CCCCc1ccccc1OC(C)CO.CCCCc1ccccc1OCCO.CCCCc1ncccc1OCCO.CCCOc1cccc(OCCO)c1.CCCc1ccccc1OCCO.CCc1ccccc1Sc1ccccc1CO. The van der Waals surface area contributed by atoms with E-state index < -0.39 is 0 Å². The molecule has 0 saturated carbocycles. The molecule has 0 amide bonds. The van der Waals surface area contributed by atoms with Gasteiger partial charge in [-0.2, -0.15) is 0 Å². The number of ether oxygens (including phenoxy) is 8. The van der Waals surface area contributed by atoms with Crippen LogP contribution in [0.4, 0.5) is 0 Å². The van der Waals surface area contributed by atoms with E-state index in [-0.39, 0.29) is 83.4 Å². The highest BCUT2D eigenvalue weighted by Gasteiger charge is 2.17. The number of aryl methyl sites for hydroxylation is 6. The van der Waals surface area contributed by atoms with Crippen molar-refractivity contribution in [2.45, 2.75) is 260 Å². The van der Waals surface area contributed by atoms with Gasteiger partial charge in [0.2, 0.25) is 0 Å². The number of pyridine rings is 1. The molecule has 0 fully saturated rings. The van der Waals surface area contributed by atoms with E-state index >= 15 is 0 Å². The minimum Gasteiger partial charge on any atom is -0.493 e. The zero-order valence-electron chi connectivity index (χ0n) is 88.3. The van der Waals surface area contributed by atoms with Crippen molar-refractivity contribution in [3.8, 4) is 46.0 Å². The molecule has 24 nitrogen and oxygen atoms in total. The van der Waals surface area contributed by atoms with Crippen molar-refractivity contribution in [2.24, 2.45) is 14.1 Å². The lowest BCUT2D eigenvalue weighted by Crippen LogP contribution is -2.41. The maximum Gasteiger partial charge on any atom is 0.330 e. The molecule has 11 N–H and O–H groups in total. The summed E-state index contributed by atoms with van der Waals surface area (Å²) in [6.45, 7) is 28.4. The summed E-state index contributed by atoms with van der Waals surface area (Å²) in [5.41, 5.74) is 11.7. The number of aromatic nitrogens is 3. The predicted molar refractivity (Wildman–Crippen MR) is 586 cm³/mol. The van der Waals surface area contributed by atoms with Gasteiger partial charge in [-0.25, -0.2) is 4.79 Å². The van der Waals surface area contributed by atoms with E-state index in [2.05, 4.69) is 129 Å². The fraction of sp³-hybridized carbons (Fsp3) is 0.475. The summed E-state index contributed by atoms with van der Waals surface area (Å²) in [5.74, 6) is 6.72. The first-order valence-corrected chi connectivity index (χ1v) is 52.1. The highest BCUT2D eigenvalue weighted by molar-refractivity contribution is 7.99. The number of nitrogens with zero attached hydrogens (tertiary/aromatic N) is 3. The summed E-state index contributed by atoms with van der Waals surface area (Å²) in [4.78, 5) is 30.7. The van der Waals surface area contributed by atoms with Crippen LogP contribution in [0.25, 0.3) is 6.08 Å². The third kappa shape index (κ3) is 58.0. The first-order chi connectivity index (χ1) is 69.6. The molecule has 792 valence electrons. The number of allylic oxidation sites excluding steroid dienone is 2. The Bertz CT molecular complexity index is 4860. The third-order valence-electron chi connectivity index (χ3n) is 21.1. The zero-order chi connectivity index (χ0) is 106. The summed E-state index contributed by atoms with van der Waals surface area (Å²) < 4.78 is 46.1. The fourth-order valence-electron chi connectivity index (χ4n) is 13.4. The van der Waals surface area contributed by atoms with Crippen molar-refractivity contribution in [1.29, 1.82) is 5.41 Å². The molecule has 8 aromatic carbocycles. The summed E-state index contributed by atoms with van der Waals surface area (Å²) in [5, 5.41) is 95.0. The van der Waals surface area contributed by atoms with Crippen LogP contribution in [0, 0.1) is 5.41 Å². The number of hydrogen-bond acceptors (Lipinski definition) is 23. The van der Waals surface area contributed by atoms with Gasteiger partial charge in [0, 0.05) is 65.3 Å². The molecule has 0 aliphatic carbocycles. The first-order valence-electron chi connectivity index (χ1n) is 51.3. The molecule has 25 heteroatoms. The van der Waals surface area contributed by atoms with Crippen LogP contribution in [0.2, 0.25) is 0 Å². The molecule has 10 aromatic rings. The van der Waals surface area contributed by atoms with Crippen molar-refractivity contribution >= 4 is 23.5 Å². The van der Waals surface area contributed by atoms with Crippen LogP contribution < -0.4 is 49.1 Å². The second kappa shape index (κ2) is 87.7. The molecule has 2 aromatic heterocycles. The lowest BCUT2D eigenvalue weighted by molar-refractivity contribution is 0.128. The topological polar surface area (TPSA) is 357 Å². The average Bonchev–Trinajstić information content (AvgIpc) is 0.789. The molecule has 0 aliphatic rings. The lowest BCUT2D eigenvalue weighted by atomic mass is 10.0. The Morgan fingerprint density at radius 2 is 0.839 bits per heavy atom. The average molecular weight is 2000 g/mol. The number of unbranched alkanes of at least 4 members (excludes halogenated alkanes) is 6. The lowest BCUT2D eigenvalue weighted by Gasteiger charge is -2.15. The highest BCUT2D eigenvalue weighted by Crippen LogP contribution is 2.34. The number of nitrogens with one attached hydrogen (secondary N) is 1. The number of rotatable bonds is 54. The van der Waals surface area contributed by atoms with Gasteiger partial charge in [-0.1, -0.05) is 266 Å². The van der Waals surface area contributed by atoms with Crippen molar-refractivity contribution < 1.29 is 89.0 Å². The Labute approximate surface area is 859 Å². The van der Waals surface area contributed by atoms with Crippen LogP contribution in [-0.2, 0) is 72.1 Å².